The average molecular weight is 352 g/mol. The van der Waals surface area contributed by atoms with E-state index in [2.05, 4.69) is 26.6 Å². The van der Waals surface area contributed by atoms with E-state index in [1.165, 1.54) is 6.07 Å². The molecule has 0 fully saturated rings. The van der Waals surface area contributed by atoms with E-state index < -0.39 is 0 Å². The summed E-state index contributed by atoms with van der Waals surface area (Å²) in [6, 6.07) is 9.65. The first-order valence-corrected chi connectivity index (χ1v) is 7.10. The van der Waals surface area contributed by atoms with Crippen LogP contribution in [0.1, 0.15) is 15.9 Å². The second-order valence-corrected chi connectivity index (χ2v) is 5.39. The number of carbonyl (C=O) groups excluding carboxylic acids is 1. The topological polar surface area (TPSA) is 67.2 Å². The fourth-order valence-corrected chi connectivity index (χ4v) is 2.27. The summed E-state index contributed by atoms with van der Waals surface area (Å²) >= 11 is 3.30. The third-order valence-corrected chi connectivity index (χ3v) is 3.51. The normalized spacial score (nSPS) is 10.2. The highest BCUT2D eigenvalue weighted by Crippen LogP contribution is 2.22. The third kappa shape index (κ3) is 3.72. The molecule has 1 amide bonds. The number of nitrogen functional groups attached to an aromatic ring is 1. The quantitative estimate of drug-likeness (QED) is 0.741. The molecule has 0 saturated heterocycles. The Morgan fingerprint density at radius 3 is 2.76 bits per heavy atom. The highest BCUT2D eigenvalue weighted by molar-refractivity contribution is 9.10. The maximum atomic E-state index is 13.7. The number of hydrogen-bond donors (Lipinski definition) is 3. The minimum atomic E-state index is -0.299. The summed E-state index contributed by atoms with van der Waals surface area (Å²) in [5, 5.41) is 5.60. The van der Waals surface area contributed by atoms with Gasteiger partial charge < -0.3 is 16.4 Å². The minimum absolute atomic E-state index is 0.202. The van der Waals surface area contributed by atoms with Crippen LogP contribution in [0.3, 0.4) is 0 Å². The van der Waals surface area contributed by atoms with Gasteiger partial charge in [-0.3, -0.25) is 4.79 Å². The van der Waals surface area contributed by atoms with E-state index in [-0.39, 0.29) is 18.3 Å². The maximum Gasteiger partial charge on any atom is 0.251 e. The first-order valence-electron chi connectivity index (χ1n) is 6.30. The molecule has 0 heterocycles. The van der Waals surface area contributed by atoms with Crippen molar-refractivity contribution in [3.63, 3.8) is 0 Å². The van der Waals surface area contributed by atoms with Crippen molar-refractivity contribution in [1.29, 1.82) is 0 Å². The molecule has 6 heteroatoms. The second-order valence-electron chi connectivity index (χ2n) is 4.47. The van der Waals surface area contributed by atoms with Gasteiger partial charge >= 0.3 is 0 Å². The zero-order valence-corrected chi connectivity index (χ0v) is 13.0. The number of amides is 1. The summed E-state index contributed by atoms with van der Waals surface area (Å²) < 4.78 is 14.5. The van der Waals surface area contributed by atoms with E-state index in [0.717, 1.165) is 4.47 Å². The summed E-state index contributed by atoms with van der Waals surface area (Å²) in [6.45, 7) is 0.271. The Balaban J connectivity index is 2.19. The van der Waals surface area contributed by atoms with Crippen molar-refractivity contribution < 1.29 is 9.18 Å². The highest BCUT2D eigenvalue weighted by Gasteiger charge is 2.08. The monoisotopic (exact) mass is 351 g/mol. The lowest BCUT2D eigenvalue weighted by Crippen LogP contribution is -2.18. The van der Waals surface area contributed by atoms with Crippen LogP contribution in [0.2, 0.25) is 0 Å². The second kappa shape index (κ2) is 6.58. The van der Waals surface area contributed by atoms with Crippen LogP contribution in [0.4, 0.5) is 15.8 Å². The number of carbonyl (C=O) groups is 1. The molecule has 0 bridgehead atoms. The molecule has 0 aliphatic rings. The molecule has 110 valence electrons. The fraction of sp³-hybridized carbons (Fsp3) is 0.133. The summed E-state index contributed by atoms with van der Waals surface area (Å²) in [7, 11) is 1.56. The lowest BCUT2D eigenvalue weighted by atomic mass is 10.1. The number of halogens is 2. The van der Waals surface area contributed by atoms with Gasteiger partial charge in [0.25, 0.3) is 5.91 Å². The summed E-state index contributed by atoms with van der Waals surface area (Å²) in [4.78, 5) is 11.6. The lowest BCUT2D eigenvalue weighted by molar-refractivity contribution is 0.0963. The summed E-state index contributed by atoms with van der Waals surface area (Å²) in [6.07, 6.45) is 0. The van der Waals surface area contributed by atoms with Crippen molar-refractivity contribution in [2.75, 3.05) is 18.1 Å². The Labute approximate surface area is 130 Å². The fourth-order valence-electron chi connectivity index (χ4n) is 1.86. The van der Waals surface area contributed by atoms with Crippen molar-refractivity contribution >= 4 is 33.2 Å². The highest BCUT2D eigenvalue weighted by atomic mass is 79.9. The largest absolute Gasteiger partial charge is 0.397 e. The van der Waals surface area contributed by atoms with Crippen molar-refractivity contribution in [3.05, 3.63) is 57.8 Å². The Morgan fingerprint density at radius 1 is 1.29 bits per heavy atom. The predicted octanol–water partition coefficient (Wildman–Crippen LogP) is 3.14. The molecule has 0 saturated carbocycles. The molecule has 21 heavy (non-hydrogen) atoms. The molecule has 4 N–H and O–H groups in total. The number of rotatable bonds is 4. The number of benzene rings is 2. The van der Waals surface area contributed by atoms with E-state index in [0.29, 0.717) is 22.5 Å². The number of anilines is 2. The first-order chi connectivity index (χ1) is 10.0. The third-order valence-electron chi connectivity index (χ3n) is 3.02. The molecule has 0 aliphatic carbocycles. The average Bonchev–Trinajstić information content (AvgIpc) is 2.48. The molecular formula is C15H15BrFN3O. The first kappa shape index (κ1) is 15.3. The van der Waals surface area contributed by atoms with Gasteiger partial charge in [-0.1, -0.05) is 15.9 Å². The predicted molar refractivity (Wildman–Crippen MR) is 85.7 cm³/mol. The molecule has 0 spiro atoms. The van der Waals surface area contributed by atoms with E-state index in [1.54, 1.807) is 37.4 Å². The van der Waals surface area contributed by atoms with Crippen molar-refractivity contribution in [1.82, 2.24) is 5.32 Å². The minimum Gasteiger partial charge on any atom is -0.397 e. The lowest BCUT2D eigenvalue weighted by Gasteiger charge is -2.12. The SMILES string of the molecule is CNC(=O)c1ccc(N)c(NCc2cc(Br)ccc2F)c1. The van der Waals surface area contributed by atoms with Gasteiger partial charge in [0.2, 0.25) is 0 Å². The van der Waals surface area contributed by atoms with Crippen LogP contribution in [0, 0.1) is 5.82 Å². The zero-order chi connectivity index (χ0) is 15.4. The number of hydrogen-bond acceptors (Lipinski definition) is 3. The Kier molecular flexibility index (Phi) is 4.80. The molecule has 0 aromatic heterocycles. The molecule has 0 aliphatic heterocycles. The van der Waals surface area contributed by atoms with Crippen LogP contribution in [-0.2, 0) is 6.54 Å². The van der Waals surface area contributed by atoms with Crippen LogP contribution in [0.25, 0.3) is 0 Å². The molecule has 2 aromatic rings. The number of nitrogens with two attached hydrogens (primary N) is 1. The molecule has 2 aromatic carbocycles. The van der Waals surface area contributed by atoms with Gasteiger partial charge in [0.15, 0.2) is 0 Å². The van der Waals surface area contributed by atoms with Crippen LogP contribution in [0.5, 0.6) is 0 Å². The summed E-state index contributed by atoms with van der Waals surface area (Å²) in [5.41, 5.74) is 7.96. The van der Waals surface area contributed by atoms with Crippen molar-refractivity contribution in [3.8, 4) is 0 Å². The van der Waals surface area contributed by atoms with Gasteiger partial charge in [0.1, 0.15) is 5.82 Å². The van der Waals surface area contributed by atoms with Crippen LogP contribution < -0.4 is 16.4 Å². The maximum absolute atomic E-state index is 13.7. The van der Waals surface area contributed by atoms with E-state index >= 15 is 0 Å². The Hall–Kier alpha value is -2.08. The van der Waals surface area contributed by atoms with E-state index in [4.69, 9.17) is 5.73 Å². The smallest absolute Gasteiger partial charge is 0.251 e. The van der Waals surface area contributed by atoms with Crippen molar-refractivity contribution in [2.24, 2.45) is 0 Å². The molecule has 4 nitrogen and oxygen atoms in total. The zero-order valence-electron chi connectivity index (χ0n) is 11.4. The molecule has 0 atom stereocenters. The molecule has 2 rings (SSSR count). The van der Waals surface area contributed by atoms with Gasteiger partial charge in [-0.05, 0) is 36.4 Å². The summed E-state index contributed by atoms with van der Waals surface area (Å²) in [5.74, 6) is -0.501. The van der Waals surface area contributed by atoms with E-state index in [1.807, 2.05) is 0 Å². The van der Waals surface area contributed by atoms with Gasteiger partial charge in [0.05, 0.1) is 11.4 Å². The van der Waals surface area contributed by atoms with Gasteiger partial charge in [-0.15, -0.1) is 0 Å². The van der Waals surface area contributed by atoms with Crippen molar-refractivity contribution in [2.45, 2.75) is 6.54 Å². The standard InChI is InChI=1S/C15H15BrFN3O/c1-19-15(21)9-2-5-13(18)14(7-9)20-8-10-6-11(16)3-4-12(10)17/h2-7,20H,8,18H2,1H3,(H,19,21). The van der Waals surface area contributed by atoms with E-state index in [9.17, 15) is 9.18 Å². The molecular weight excluding hydrogens is 337 g/mol. The van der Waals surface area contributed by atoms with Gasteiger partial charge in [-0.2, -0.15) is 0 Å². The Bertz CT molecular complexity index is 676. The molecule has 0 radical (unpaired) electrons. The van der Waals surface area contributed by atoms with Gasteiger partial charge in [0, 0.05) is 29.2 Å². The van der Waals surface area contributed by atoms with Crippen LogP contribution >= 0.6 is 15.9 Å². The molecule has 0 unspecified atom stereocenters. The van der Waals surface area contributed by atoms with Gasteiger partial charge in [-0.25, -0.2) is 4.39 Å². The van der Waals surface area contributed by atoms with Crippen LogP contribution in [0.15, 0.2) is 40.9 Å². The Morgan fingerprint density at radius 2 is 2.05 bits per heavy atom. The number of nitrogens with one attached hydrogen (secondary N) is 2. The van der Waals surface area contributed by atoms with Crippen LogP contribution in [-0.4, -0.2) is 13.0 Å².